The standard InChI is InChI=1S/C12H19ClN2O3S2/c1-5-15(8-10(16)14-12(2,3)4)20(17,18)11-7-6-9(13)19-11/h6-7H,5,8H2,1-4H3,(H,14,16). The molecule has 20 heavy (non-hydrogen) atoms. The Hall–Kier alpha value is -0.630. The minimum Gasteiger partial charge on any atom is -0.350 e. The van der Waals surface area contributed by atoms with Gasteiger partial charge in [-0.3, -0.25) is 4.79 Å². The van der Waals surface area contributed by atoms with Crippen molar-refractivity contribution in [2.45, 2.75) is 37.4 Å². The van der Waals surface area contributed by atoms with E-state index >= 15 is 0 Å². The number of halogens is 1. The minimum atomic E-state index is -3.67. The third-order valence-electron chi connectivity index (χ3n) is 2.33. The van der Waals surface area contributed by atoms with Gasteiger partial charge in [-0.25, -0.2) is 8.42 Å². The molecule has 0 fully saturated rings. The summed E-state index contributed by atoms with van der Waals surface area (Å²) in [4.78, 5) is 11.9. The number of hydrogen-bond donors (Lipinski definition) is 1. The summed E-state index contributed by atoms with van der Waals surface area (Å²) >= 11 is 6.75. The molecular weight excluding hydrogens is 320 g/mol. The van der Waals surface area contributed by atoms with Crippen LogP contribution in [-0.4, -0.2) is 37.3 Å². The summed E-state index contributed by atoms with van der Waals surface area (Å²) < 4.78 is 26.4. The lowest BCUT2D eigenvalue weighted by Gasteiger charge is -2.24. The van der Waals surface area contributed by atoms with Crippen LogP contribution in [0.1, 0.15) is 27.7 Å². The number of hydrogen-bond acceptors (Lipinski definition) is 4. The second kappa shape index (κ2) is 6.43. The maximum absolute atomic E-state index is 12.4. The van der Waals surface area contributed by atoms with E-state index in [-0.39, 0.29) is 23.2 Å². The van der Waals surface area contributed by atoms with Crippen LogP contribution < -0.4 is 5.32 Å². The molecule has 0 saturated heterocycles. The average Bonchev–Trinajstić information content (AvgIpc) is 2.70. The van der Waals surface area contributed by atoms with E-state index < -0.39 is 15.6 Å². The predicted molar refractivity (Wildman–Crippen MR) is 81.7 cm³/mol. The first-order valence-corrected chi connectivity index (χ1v) is 8.76. The molecule has 1 rings (SSSR count). The maximum Gasteiger partial charge on any atom is 0.253 e. The zero-order chi connectivity index (χ0) is 15.6. The molecule has 0 aliphatic heterocycles. The van der Waals surface area contributed by atoms with E-state index in [0.717, 1.165) is 15.6 Å². The maximum atomic E-state index is 12.4. The Morgan fingerprint density at radius 2 is 2.00 bits per heavy atom. The fraction of sp³-hybridized carbons (Fsp3) is 0.583. The number of likely N-dealkylation sites (N-methyl/N-ethyl adjacent to an activating group) is 1. The Kier molecular flexibility index (Phi) is 5.60. The molecule has 1 aromatic heterocycles. The van der Waals surface area contributed by atoms with Gasteiger partial charge in [0.1, 0.15) is 4.21 Å². The van der Waals surface area contributed by atoms with E-state index in [1.54, 1.807) is 6.92 Å². The van der Waals surface area contributed by atoms with Crippen molar-refractivity contribution in [3.8, 4) is 0 Å². The first kappa shape index (κ1) is 17.4. The number of sulfonamides is 1. The normalized spacial score (nSPS) is 12.7. The fourth-order valence-corrected chi connectivity index (χ4v) is 4.59. The lowest BCUT2D eigenvalue weighted by Crippen LogP contribution is -2.47. The molecule has 1 heterocycles. The van der Waals surface area contributed by atoms with E-state index in [4.69, 9.17) is 11.6 Å². The second-order valence-electron chi connectivity index (χ2n) is 5.29. The van der Waals surface area contributed by atoms with Crippen molar-refractivity contribution in [3.05, 3.63) is 16.5 Å². The largest absolute Gasteiger partial charge is 0.350 e. The molecule has 0 radical (unpaired) electrons. The van der Waals surface area contributed by atoms with Gasteiger partial charge < -0.3 is 5.32 Å². The molecule has 5 nitrogen and oxygen atoms in total. The van der Waals surface area contributed by atoms with E-state index in [1.807, 2.05) is 20.8 Å². The van der Waals surface area contributed by atoms with E-state index in [0.29, 0.717) is 4.34 Å². The van der Waals surface area contributed by atoms with Gasteiger partial charge in [-0.05, 0) is 32.9 Å². The zero-order valence-corrected chi connectivity index (χ0v) is 14.3. The predicted octanol–water partition coefficient (Wildman–Crippen LogP) is 2.33. The minimum absolute atomic E-state index is 0.146. The lowest BCUT2D eigenvalue weighted by atomic mass is 10.1. The molecule has 0 atom stereocenters. The van der Waals surface area contributed by atoms with Crippen LogP contribution in [0.2, 0.25) is 4.34 Å². The van der Waals surface area contributed by atoms with Crippen LogP contribution in [0.4, 0.5) is 0 Å². The first-order chi connectivity index (χ1) is 9.06. The van der Waals surface area contributed by atoms with Gasteiger partial charge in [0, 0.05) is 12.1 Å². The van der Waals surface area contributed by atoms with Gasteiger partial charge in [-0.15, -0.1) is 11.3 Å². The van der Waals surface area contributed by atoms with Crippen LogP contribution in [0.5, 0.6) is 0 Å². The number of nitrogens with zero attached hydrogens (tertiary/aromatic N) is 1. The molecule has 1 amide bonds. The van der Waals surface area contributed by atoms with Gasteiger partial charge in [0.25, 0.3) is 10.0 Å². The lowest BCUT2D eigenvalue weighted by molar-refractivity contribution is -0.122. The molecule has 114 valence electrons. The van der Waals surface area contributed by atoms with Gasteiger partial charge in [0.05, 0.1) is 10.9 Å². The summed E-state index contributed by atoms with van der Waals surface area (Å²) in [5, 5.41) is 2.74. The zero-order valence-electron chi connectivity index (χ0n) is 11.9. The summed E-state index contributed by atoms with van der Waals surface area (Å²) in [5.41, 5.74) is -0.396. The molecule has 0 bridgehead atoms. The molecule has 1 aromatic rings. The van der Waals surface area contributed by atoms with E-state index in [2.05, 4.69) is 5.32 Å². The smallest absolute Gasteiger partial charge is 0.253 e. The summed E-state index contributed by atoms with van der Waals surface area (Å²) in [6.45, 7) is 7.23. The molecule has 0 spiro atoms. The van der Waals surface area contributed by atoms with Crippen LogP contribution in [0.3, 0.4) is 0 Å². The number of thiophene rings is 1. The molecule has 0 unspecified atom stereocenters. The highest BCUT2D eigenvalue weighted by Crippen LogP contribution is 2.27. The van der Waals surface area contributed by atoms with Crippen molar-refractivity contribution in [1.29, 1.82) is 0 Å². The van der Waals surface area contributed by atoms with Crippen LogP contribution in [0, 0.1) is 0 Å². The SMILES string of the molecule is CCN(CC(=O)NC(C)(C)C)S(=O)(=O)c1ccc(Cl)s1. The van der Waals surface area contributed by atoms with Crippen molar-refractivity contribution in [2.75, 3.05) is 13.1 Å². The number of rotatable bonds is 5. The highest BCUT2D eigenvalue weighted by molar-refractivity contribution is 7.91. The Labute approximate surface area is 129 Å². The topological polar surface area (TPSA) is 66.5 Å². The Bertz CT molecular complexity index is 576. The average molecular weight is 339 g/mol. The van der Waals surface area contributed by atoms with Crippen LogP contribution in [0.25, 0.3) is 0 Å². The highest BCUT2D eigenvalue weighted by atomic mass is 35.5. The van der Waals surface area contributed by atoms with Crippen molar-refractivity contribution < 1.29 is 13.2 Å². The molecule has 8 heteroatoms. The van der Waals surface area contributed by atoms with Crippen LogP contribution in [-0.2, 0) is 14.8 Å². The number of carbonyl (C=O) groups excluding carboxylic acids is 1. The van der Waals surface area contributed by atoms with Crippen LogP contribution in [0.15, 0.2) is 16.3 Å². The molecular formula is C12H19ClN2O3S2. The third kappa shape index (κ3) is 4.73. The second-order valence-corrected chi connectivity index (χ2v) is 9.17. The van der Waals surface area contributed by atoms with Crippen LogP contribution >= 0.6 is 22.9 Å². The van der Waals surface area contributed by atoms with E-state index in [1.165, 1.54) is 12.1 Å². The number of nitrogens with one attached hydrogen (secondary N) is 1. The monoisotopic (exact) mass is 338 g/mol. The molecule has 0 aliphatic rings. The summed E-state index contributed by atoms with van der Waals surface area (Å²) in [6.07, 6.45) is 0. The van der Waals surface area contributed by atoms with Crippen molar-refractivity contribution >= 4 is 38.9 Å². The molecule has 0 aliphatic carbocycles. The van der Waals surface area contributed by atoms with Crippen molar-refractivity contribution in [1.82, 2.24) is 9.62 Å². The molecule has 0 saturated carbocycles. The summed E-state index contributed by atoms with van der Waals surface area (Å²) in [7, 11) is -3.67. The summed E-state index contributed by atoms with van der Waals surface area (Å²) in [5.74, 6) is -0.328. The third-order valence-corrected chi connectivity index (χ3v) is 5.95. The van der Waals surface area contributed by atoms with Gasteiger partial charge in [0.15, 0.2) is 0 Å². The fourth-order valence-electron chi connectivity index (χ4n) is 1.55. The van der Waals surface area contributed by atoms with Crippen molar-refractivity contribution in [2.24, 2.45) is 0 Å². The highest BCUT2D eigenvalue weighted by Gasteiger charge is 2.27. The quantitative estimate of drug-likeness (QED) is 0.896. The molecule has 1 N–H and O–H groups in total. The first-order valence-electron chi connectivity index (χ1n) is 6.13. The van der Waals surface area contributed by atoms with Gasteiger partial charge in [-0.2, -0.15) is 4.31 Å². The Balaban J connectivity index is 2.88. The summed E-state index contributed by atoms with van der Waals surface area (Å²) in [6, 6.07) is 2.98. The van der Waals surface area contributed by atoms with Gasteiger partial charge in [0.2, 0.25) is 5.91 Å². The Morgan fingerprint density at radius 1 is 1.40 bits per heavy atom. The van der Waals surface area contributed by atoms with Gasteiger partial charge >= 0.3 is 0 Å². The van der Waals surface area contributed by atoms with Crippen molar-refractivity contribution in [3.63, 3.8) is 0 Å². The number of carbonyl (C=O) groups is 1. The molecule has 0 aromatic carbocycles. The van der Waals surface area contributed by atoms with E-state index in [9.17, 15) is 13.2 Å². The Morgan fingerprint density at radius 3 is 2.40 bits per heavy atom. The number of amides is 1. The van der Waals surface area contributed by atoms with Gasteiger partial charge in [-0.1, -0.05) is 18.5 Å².